The van der Waals surface area contributed by atoms with E-state index in [4.69, 9.17) is 9.47 Å². The molecule has 5 nitrogen and oxygen atoms in total. The summed E-state index contributed by atoms with van der Waals surface area (Å²) in [5.41, 5.74) is 2.23. The molecule has 2 heterocycles. The summed E-state index contributed by atoms with van der Waals surface area (Å²) in [7, 11) is 6.11. The highest BCUT2D eigenvalue weighted by atomic mass is 16.5. The van der Waals surface area contributed by atoms with Crippen LogP contribution in [0.25, 0.3) is 38.7 Å². The van der Waals surface area contributed by atoms with E-state index in [1.54, 1.807) is 0 Å². The Morgan fingerprint density at radius 1 is 1.09 bits per heavy atom. The van der Waals surface area contributed by atoms with Crippen molar-refractivity contribution >= 4 is 38.7 Å². The number of hydrogen-bond donors (Lipinski definition) is 0. The highest BCUT2D eigenvalue weighted by molar-refractivity contribution is 6.05. The van der Waals surface area contributed by atoms with Crippen molar-refractivity contribution in [3.8, 4) is 11.5 Å². The van der Waals surface area contributed by atoms with Gasteiger partial charge in [-0.15, -0.1) is 0 Å². The number of hydrogen-bond acceptors (Lipinski definition) is 4. The quantitative estimate of drug-likeness (QED) is 0.308. The molecular formula is C28H30N2O3. The van der Waals surface area contributed by atoms with Gasteiger partial charge in [0.25, 0.3) is 0 Å². The fourth-order valence-electron chi connectivity index (χ4n) is 4.67. The molecule has 0 spiro atoms. The molecule has 4 aromatic rings. The molecular weight excluding hydrogens is 412 g/mol. The van der Waals surface area contributed by atoms with Gasteiger partial charge in [0.2, 0.25) is 5.43 Å². The van der Waals surface area contributed by atoms with Crippen LogP contribution in [0.15, 0.2) is 53.3 Å². The molecule has 0 fully saturated rings. The summed E-state index contributed by atoms with van der Waals surface area (Å²) in [4.78, 5) is 16.0. The Balaban J connectivity index is 1.81. The van der Waals surface area contributed by atoms with Gasteiger partial charge in [0.05, 0.1) is 23.0 Å². The lowest BCUT2D eigenvalue weighted by Crippen LogP contribution is -2.28. The molecule has 5 rings (SSSR count). The van der Waals surface area contributed by atoms with Crippen LogP contribution in [0.1, 0.15) is 25.8 Å². The number of aromatic nitrogens is 1. The molecule has 3 aromatic carbocycles. The summed E-state index contributed by atoms with van der Waals surface area (Å²) >= 11 is 0. The second kappa shape index (κ2) is 7.92. The molecule has 0 aliphatic carbocycles. The van der Waals surface area contributed by atoms with Crippen LogP contribution >= 0.6 is 0 Å². The number of pyridine rings is 1. The second-order valence-corrected chi connectivity index (χ2v) is 9.66. The van der Waals surface area contributed by atoms with Gasteiger partial charge in [0, 0.05) is 30.6 Å². The highest BCUT2D eigenvalue weighted by Crippen LogP contribution is 2.41. The Hall–Kier alpha value is -3.31. The van der Waals surface area contributed by atoms with Crippen LogP contribution in [0.2, 0.25) is 0 Å². The van der Waals surface area contributed by atoms with Crippen molar-refractivity contribution in [1.29, 1.82) is 0 Å². The van der Waals surface area contributed by atoms with Crippen LogP contribution in [0, 0.1) is 0 Å². The second-order valence-electron chi connectivity index (χ2n) is 9.66. The van der Waals surface area contributed by atoms with Crippen LogP contribution in [0.5, 0.6) is 11.5 Å². The van der Waals surface area contributed by atoms with Gasteiger partial charge in [0.15, 0.2) is 0 Å². The van der Waals surface area contributed by atoms with Gasteiger partial charge in [-0.25, -0.2) is 0 Å². The van der Waals surface area contributed by atoms with E-state index in [1.807, 2.05) is 71.4 Å². The SMILES string of the molecule is CN(C)CCCOc1cc2c(c3c1c(=O)c1cc4ccccc4cc1n3C)C=CC(C)(C)O2. The van der Waals surface area contributed by atoms with Crippen molar-refractivity contribution in [3.05, 3.63) is 64.3 Å². The third kappa shape index (κ3) is 3.76. The number of fused-ring (bicyclic) bond motifs is 5. The molecule has 0 saturated heterocycles. The summed E-state index contributed by atoms with van der Waals surface area (Å²) in [6.07, 6.45) is 4.99. The maximum absolute atomic E-state index is 13.9. The lowest BCUT2D eigenvalue weighted by molar-refractivity contribution is 0.158. The molecule has 0 radical (unpaired) electrons. The Bertz CT molecular complexity index is 1480. The molecule has 0 saturated carbocycles. The highest BCUT2D eigenvalue weighted by Gasteiger charge is 2.27. The number of aryl methyl sites for hydroxylation is 1. The predicted molar refractivity (Wildman–Crippen MR) is 137 cm³/mol. The van der Waals surface area contributed by atoms with E-state index in [0.717, 1.165) is 46.1 Å². The van der Waals surface area contributed by atoms with E-state index < -0.39 is 5.60 Å². The van der Waals surface area contributed by atoms with E-state index >= 15 is 0 Å². The standard InChI is InChI=1S/C28H30N2O3/c1-28(2)12-11-20-23(33-28)17-24(32-14-8-13-29(3)4)25-26(20)30(5)22-16-19-10-7-6-9-18(19)15-21(22)27(25)31/h6-7,9-12,15-17H,8,13-14H2,1-5H3. The van der Waals surface area contributed by atoms with E-state index in [2.05, 4.69) is 27.7 Å². The molecule has 0 amide bonds. The van der Waals surface area contributed by atoms with Crippen molar-refractivity contribution < 1.29 is 9.47 Å². The average Bonchev–Trinajstić information content (AvgIpc) is 2.77. The molecule has 1 aromatic heterocycles. The minimum absolute atomic E-state index is 0.00695. The maximum Gasteiger partial charge on any atom is 0.201 e. The van der Waals surface area contributed by atoms with E-state index in [1.165, 1.54) is 0 Å². The van der Waals surface area contributed by atoms with Crippen LogP contribution < -0.4 is 14.9 Å². The zero-order valence-electron chi connectivity index (χ0n) is 19.9. The molecule has 0 N–H and O–H groups in total. The molecule has 170 valence electrons. The smallest absolute Gasteiger partial charge is 0.201 e. The van der Waals surface area contributed by atoms with Gasteiger partial charge in [-0.1, -0.05) is 24.3 Å². The summed E-state index contributed by atoms with van der Waals surface area (Å²) in [5.74, 6) is 1.33. The number of nitrogens with zero attached hydrogens (tertiary/aromatic N) is 2. The van der Waals surface area contributed by atoms with E-state index in [0.29, 0.717) is 23.1 Å². The van der Waals surface area contributed by atoms with Crippen molar-refractivity contribution in [2.75, 3.05) is 27.2 Å². The topological polar surface area (TPSA) is 43.7 Å². The first-order valence-corrected chi connectivity index (χ1v) is 11.4. The molecule has 0 unspecified atom stereocenters. The average molecular weight is 443 g/mol. The fourth-order valence-corrected chi connectivity index (χ4v) is 4.67. The number of benzene rings is 3. The van der Waals surface area contributed by atoms with Crippen LogP contribution in [0.3, 0.4) is 0 Å². The zero-order valence-corrected chi connectivity index (χ0v) is 19.9. The molecule has 1 aliphatic rings. The third-order valence-corrected chi connectivity index (χ3v) is 6.33. The lowest BCUT2D eigenvalue weighted by Gasteiger charge is -2.29. The van der Waals surface area contributed by atoms with Gasteiger partial charge in [-0.2, -0.15) is 0 Å². The number of rotatable bonds is 5. The van der Waals surface area contributed by atoms with Crippen LogP contribution in [0.4, 0.5) is 0 Å². The Labute approximate surface area is 193 Å². The monoisotopic (exact) mass is 442 g/mol. The molecule has 33 heavy (non-hydrogen) atoms. The first-order chi connectivity index (χ1) is 15.7. The van der Waals surface area contributed by atoms with Gasteiger partial charge < -0.3 is 18.9 Å². The van der Waals surface area contributed by atoms with Crippen molar-refractivity contribution in [2.24, 2.45) is 7.05 Å². The van der Waals surface area contributed by atoms with E-state index in [-0.39, 0.29) is 5.43 Å². The normalized spacial score (nSPS) is 14.7. The summed E-state index contributed by atoms with van der Waals surface area (Å²) < 4.78 is 14.6. The van der Waals surface area contributed by atoms with E-state index in [9.17, 15) is 4.79 Å². The molecule has 0 atom stereocenters. The third-order valence-electron chi connectivity index (χ3n) is 6.33. The Morgan fingerprint density at radius 3 is 2.55 bits per heavy atom. The summed E-state index contributed by atoms with van der Waals surface area (Å²) in [6.45, 7) is 5.51. The van der Waals surface area contributed by atoms with Crippen molar-refractivity contribution in [1.82, 2.24) is 9.47 Å². The van der Waals surface area contributed by atoms with Crippen LogP contribution in [-0.2, 0) is 7.05 Å². The fraction of sp³-hybridized carbons (Fsp3) is 0.321. The van der Waals surface area contributed by atoms with Crippen LogP contribution in [-0.4, -0.2) is 42.3 Å². The Kier molecular flexibility index (Phi) is 5.17. The first-order valence-electron chi connectivity index (χ1n) is 11.4. The first kappa shape index (κ1) is 21.5. The van der Waals surface area contributed by atoms with Gasteiger partial charge >= 0.3 is 0 Å². The molecule has 0 bridgehead atoms. The maximum atomic E-state index is 13.9. The van der Waals surface area contributed by atoms with Crippen molar-refractivity contribution in [3.63, 3.8) is 0 Å². The van der Waals surface area contributed by atoms with Gasteiger partial charge in [0.1, 0.15) is 17.1 Å². The minimum Gasteiger partial charge on any atom is -0.493 e. The van der Waals surface area contributed by atoms with Crippen molar-refractivity contribution in [2.45, 2.75) is 25.9 Å². The lowest BCUT2D eigenvalue weighted by atomic mass is 9.97. The largest absolute Gasteiger partial charge is 0.493 e. The Morgan fingerprint density at radius 2 is 1.82 bits per heavy atom. The molecule has 1 aliphatic heterocycles. The van der Waals surface area contributed by atoms with Gasteiger partial charge in [-0.05, 0) is 69.4 Å². The summed E-state index contributed by atoms with van der Waals surface area (Å²) in [5, 5.41) is 3.47. The van der Waals surface area contributed by atoms with Gasteiger partial charge in [-0.3, -0.25) is 4.79 Å². The number of ether oxygens (including phenoxy) is 2. The minimum atomic E-state index is -0.422. The molecule has 5 heteroatoms. The zero-order chi connectivity index (χ0) is 23.3. The summed E-state index contributed by atoms with van der Waals surface area (Å²) in [6, 6.07) is 14.1. The predicted octanol–water partition coefficient (Wildman–Crippen LogP) is 5.36.